The van der Waals surface area contributed by atoms with Gasteiger partial charge in [-0.05, 0) is 43.5 Å². The molecule has 6 heteroatoms. The highest BCUT2D eigenvalue weighted by Crippen LogP contribution is 2.25. The summed E-state index contributed by atoms with van der Waals surface area (Å²) in [6.45, 7) is 8.17. The zero-order valence-electron chi connectivity index (χ0n) is 13.3. The van der Waals surface area contributed by atoms with E-state index < -0.39 is 6.10 Å². The first kappa shape index (κ1) is 19.0. The van der Waals surface area contributed by atoms with Gasteiger partial charge in [0.2, 0.25) is 0 Å². The first-order valence-corrected chi connectivity index (χ1v) is 8.93. The van der Waals surface area contributed by atoms with Crippen molar-refractivity contribution in [3.8, 4) is 0 Å². The molecular formula is C16H22BrNO3S. The molecule has 0 spiro atoms. The molecule has 22 heavy (non-hydrogen) atoms. The van der Waals surface area contributed by atoms with Crippen molar-refractivity contribution in [2.24, 2.45) is 5.92 Å². The zero-order chi connectivity index (χ0) is 16.7. The minimum Gasteiger partial charge on any atom is -0.452 e. The van der Waals surface area contributed by atoms with Gasteiger partial charge in [0.05, 0.1) is 5.75 Å². The van der Waals surface area contributed by atoms with Crippen molar-refractivity contribution in [2.45, 2.75) is 38.7 Å². The molecule has 4 nitrogen and oxygen atoms in total. The van der Waals surface area contributed by atoms with E-state index >= 15 is 0 Å². The van der Waals surface area contributed by atoms with Crippen LogP contribution in [-0.2, 0) is 14.3 Å². The number of carbonyl (C=O) groups excluding carboxylic acids is 2. The lowest BCUT2D eigenvalue weighted by Gasteiger charge is -2.14. The highest BCUT2D eigenvalue weighted by molar-refractivity contribution is 9.10. The molecule has 0 saturated carbocycles. The van der Waals surface area contributed by atoms with E-state index in [4.69, 9.17) is 4.74 Å². The van der Waals surface area contributed by atoms with Crippen LogP contribution in [0.3, 0.4) is 0 Å². The highest BCUT2D eigenvalue weighted by atomic mass is 79.9. The monoisotopic (exact) mass is 387 g/mol. The Labute approximate surface area is 144 Å². The van der Waals surface area contributed by atoms with E-state index in [0.717, 1.165) is 14.9 Å². The Morgan fingerprint density at radius 2 is 2.00 bits per heavy atom. The summed E-state index contributed by atoms with van der Waals surface area (Å²) in [5.41, 5.74) is 1.09. The minimum atomic E-state index is -0.766. The number of thioether (sulfide) groups is 1. The van der Waals surface area contributed by atoms with Crippen LogP contribution in [0.15, 0.2) is 27.6 Å². The van der Waals surface area contributed by atoms with Gasteiger partial charge in [-0.2, -0.15) is 0 Å². The van der Waals surface area contributed by atoms with Gasteiger partial charge in [-0.1, -0.05) is 29.8 Å². The van der Waals surface area contributed by atoms with Crippen LogP contribution in [-0.4, -0.2) is 30.3 Å². The lowest BCUT2D eigenvalue weighted by Crippen LogP contribution is -2.37. The Hall–Kier alpha value is -1.01. The van der Waals surface area contributed by atoms with E-state index in [2.05, 4.69) is 21.2 Å². The summed E-state index contributed by atoms with van der Waals surface area (Å²) in [5.74, 6) is -0.0984. The minimum absolute atomic E-state index is 0.185. The number of nitrogens with one attached hydrogen (secondary N) is 1. The number of amides is 1. The molecule has 1 aromatic carbocycles. The molecule has 1 rings (SSSR count). The Balaban J connectivity index is 2.41. The van der Waals surface area contributed by atoms with E-state index in [1.165, 1.54) is 11.8 Å². The molecule has 1 unspecified atom stereocenters. The molecule has 0 heterocycles. The molecule has 0 saturated heterocycles. The number of aryl methyl sites for hydroxylation is 1. The second kappa shape index (κ2) is 9.20. The summed E-state index contributed by atoms with van der Waals surface area (Å²) in [7, 11) is 0. The van der Waals surface area contributed by atoms with E-state index in [9.17, 15) is 9.59 Å². The third kappa shape index (κ3) is 6.83. The van der Waals surface area contributed by atoms with E-state index in [-0.39, 0.29) is 17.6 Å². The molecule has 0 fully saturated rings. The molecule has 0 bridgehead atoms. The predicted octanol–water partition coefficient (Wildman–Crippen LogP) is 3.55. The Bertz CT molecular complexity index is 534. The topological polar surface area (TPSA) is 55.4 Å². The molecule has 0 aliphatic rings. The van der Waals surface area contributed by atoms with Crippen LogP contribution in [0.4, 0.5) is 0 Å². The average molecular weight is 388 g/mol. The lowest BCUT2D eigenvalue weighted by atomic mass is 10.2. The number of halogens is 1. The summed E-state index contributed by atoms with van der Waals surface area (Å²) in [5, 5.41) is 2.75. The van der Waals surface area contributed by atoms with Crippen molar-refractivity contribution >= 4 is 39.6 Å². The molecule has 0 aliphatic heterocycles. The van der Waals surface area contributed by atoms with Gasteiger partial charge in [-0.25, -0.2) is 0 Å². The Kier molecular flexibility index (Phi) is 7.96. The molecule has 1 amide bonds. The van der Waals surface area contributed by atoms with Crippen molar-refractivity contribution in [1.29, 1.82) is 0 Å². The SMILES string of the molecule is Cc1cc(Br)ccc1SCC(=O)OC(C)C(=O)NCC(C)C. The van der Waals surface area contributed by atoms with E-state index in [1.807, 2.05) is 39.0 Å². The van der Waals surface area contributed by atoms with Crippen molar-refractivity contribution in [2.75, 3.05) is 12.3 Å². The first-order valence-electron chi connectivity index (χ1n) is 7.15. The van der Waals surface area contributed by atoms with Gasteiger partial charge >= 0.3 is 5.97 Å². The summed E-state index contributed by atoms with van der Waals surface area (Å²) in [6, 6.07) is 5.88. The number of carbonyl (C=O) groups is 2. The lowest BCUT2D eigenvalue weighted by molar-refractivity contribution is -0.152. The van der Waals surface area contributed by atoms with Crippen LogP contribution in [0.25, 0.3) is 0 Å². The molecule has 1 aromatic rings. The van der Waals surface area contributed by atoms with Crippen molar-refractivity contribution in [3.63, 3.8) is 0 Å². The number of esters is 1. The fraction of sp³-hybridized carbons (Fsp3) is 0.500. The van der Waals surface area contributed by atoms with E-state index in [1.54, 1.807) is 6.92 Å². The van der Waals surface area contributed by atoms with E-state index in [0.29, 0.717) is 12.5 Å². The Morgan fingerprint density at radius 1 is 1.32 bits per heavy atom. The zero-order valence-corrected chi connectivity index (χ0v) is 15.7. The number of benzene rings is 1. The second-order valence-corrected chi connectivity index (χ2v) is 7.40. The van der Waals surface area contributed by atoms with Crippen molar-refractivity contribution in [3.05, 3.63) is 28.2 Å². The van der Waals surface area contributed by atoms with Crippen LogP contribution in [0, 0.1) is 12.8 Å². The molecule has 0 aromatic heterocycles. The van der Waals surface area contributed by atoms with Crippen LogP contribution in [0.5, 0.6) is 0 Å². The molecule has 0 radical (unpaired) electrons. The molecule has 1 atom stereocenters. The van der Waals surface area contributed by atoms with Crippen molar-refractivity contribution in [1.82, 2.24) is 5.32 Å². The average Bonchev–Trinajstić information content (AvgIpc) is 2.43. The third-order valence-corrected chi connectivity index (χ3v) is 4.49. The van der Waals surface area contributed by atoms with Gasteiger partial charge in [-0.15, -0.1) is 11.8 Å². The molecule has 122 valence electrons. The Morgan fingerprint density at radius 3 is 2.59 bits per heavy atom. The van der Waals surface area contributed by atoms with Crippen LogP contribution < -0.4 is 5.32 Å². The van der Waals surface area contributed by atoms with Gasteiger partial charge < -0.3 is 10.1 Å². The van der Waals surface area contributed by atoms with Gasteiger partial charge in [0.25, 0.3) is 5.91 Å². The van der Waals surface area contributed by atoms with Crippen LogP contribution in [0.2, 0.25) is 0 Å². The first-order chi connectivity index (χ1) is 10.3. The number of hydrogen-bond donors (Lipinski definition) is 1. The summed E-state index contributed by atoms with van der Waals surface area (Å²) < 4.78 is 6.16. The summed E-state index contributed by atoms with van der Waals surface area (Å²) in [6.07, 6.45) is -0.766. The second-order valence-electron chi connectivity index (χ2n) is 5.47. The molecule has 0 aliphatic carbocycles. The number of ether oxygens (including phenoxy) is 1. The normalized spacial score (nSPS) is 12.1. The van der Waals surface area contributed by atoms with Crippen LogP contribution in [0.1, 0.15) is 26.3 Å². The van der Waals surface area contributed by atoms with Crippen molar-refractivity contribution < 1.29 is 14.3 Å². The third-order valence-electron chi connectivity index (χ3n) is 2.84. The van der Waals surface area contributed by atoms with Gasteiger partial charge in [-0.3, -0.25) is 9.59 Å². The fourth-order valence-electron chi connectivity index (χ4n) is 1.64. The fourth-order valence-corrected chi connectivity index (χ4v) is 2.91. The smallest absolute Gasteiger partial charge is 0.317 e. The number of hydrogen-bond acceptors (Lipinski definition) is 4. The largest absolute Gasteiger partial charge is 0.452 e. The highest BCUT2D eigenvalue weighted by Gasteiger charge is 2.18. The maximum atomic E-state index is 11.8. The quantitative estimate of drug-likeness (QED) is 0.573. The summed E-state index contributed by atoms with van der Waals surface area (Å²) in [4.78, 5) is 24.6. The van der Waals surface area contributed by atoms with Gasteiger partial charge in [0, 0.05) is 15.9 Å². The molecular weight excluding hydrogens is 366 g/mol. The maximum absolute atomic E-state index is 11.8. The standard InChI is InChI=1S/C16H22BrNO3S/c1-10(2)8-18-16(20)12(4)21-15(19)9-22-14-6-5-13(17)7-11(14)3/h5-7,10,12H,8-9H2,1-4H3,(H,18,20). The molecule has 1 N–H and O–H groups in total. The maximum Gasteiger partial charge on any atom is 0.317 e. The van der Waals surface area contributed by atoms with Crippen LogP contribution >= 0.6 is 27.7 Å². The predicted molar refractivity (Wildman–Crippen MR) is 93.0 cm³/mol. The number of rotatable bonds is 7. The summed E-state index contributed by atoms with van der Waals surface area (Å²) >= 11 is 4.81. The van der Waals surface area contributed by atoms with Gasteiger partial charge in [0.1, 0.15) is 0 Å². The van der Waals surface area contributed by atoms with Gasteiger partial charge in [0.15, 0.2) is 6.10 Å².